The van der Waals surface area contributed by atoms with E-state index in [-0.39, 0.29) is 32.3 Å². The van der Waals surface area contributed by atoms with Crippen molar-refractivity contribution in [1.29, 1.82) is 0 Å². The van der Waals surface area contributed by atoms with Crippen LogP contribution in [0.25, 0.3) is 0 Å². The van der Waals surface area contributed by atoms with E-state index in [2.05, 4.69) is 6.58 Å². The molecule has 2 aliphatic carbocycles. The zero-order valence-corrected chi connectivity index (χ0v) is 10.5. The number of alkyl halides is 3. The number of allylic oxidation sites excluding steroid dienone is 1. The largest absolute Gasteiger partial charge is 0.499 e. The first-order valence-corrected chi connectivity index (χ1v) is 6.19. The van der Waals surface area contributed by atoms with Crippen molar-refractivity contribution < 1.29 is 27.4 Å². The third-order valence-electron chi connectivity index (χ3n) is 3.68. The summed E-state index contributed by atoms with van der Waals surface area (Å²) in [6.45, 7) is 3.39. The fourth-order valence-corrected chi connectivity index (χ4v) is 2.78. The third-order valence-corrected chi connectivity index (χ3v) is 3.68. The standard InChI is InChI=1S/C13H17F3O3/c1-2-17-5-6-18-9-19-12(13(14,15)16)8-10-3-4-11(12)7-10/h2-4,10-11H,1,5-9H2. The van der Waals surface area contributed by atoms with Crippen LogP contribution in [0.2, 0.25) is 0 Å². The molecule has 1 saturated carbocycles. The van der Waals surface area contributed by atoms with Gasteiger partial charge in [-0.3, -0.25) is 0 Å². The monoisotopic (exact) mass is 278 g/mol. The molecule has 0 aromatic rings. The number of hydrogen-bond acceptors (Lipinski definition) is 3. The van der Waals surface area contributed by atoms with Crippen LogP contribution in [0.1, 0.15) is 12.8 Å². The molecular weight excluding hydrogens is 261 g/mol. The van der Waals surface area contributed by atoms with Crippen LogP contribution in [-0.4, -0.2) is 31.8 Å². The first-order valence-electron chi connectivity index (χ1n) is 6.19. The fraction of sp³-hybridized carbons (Fsp3) is 0.692. The molecule has 19 heavy (non-hydrogen) atoms. The molecule has 108 valence electrons. The average Bonchev–Trinajstić information content (AvgIpc) is 2.93. The van der Waals surface area contributed by atoms with Crippen LogP contribution in [0.5, 0.6) is 0 Å². The molecule has 0 amide bonds. The van der Waals surface area contributed by atoms with Gasteiger partial charge >= 0.3 is 6.18 Å². The van der Waals surface area contributed by atoms with Gasteiger partial charge in [0.2, 0.25) is 0 Å². The molecule has 2 bridgehead atoms. The van der Waals surface area contributed by atoms with Gasteiger partial charge in [0.05, 0.1) is 12.9 Å². The summed E-state index contributed by atoms with van der Waals surface area (Å²) in [5.41, 5.74) is -2.08. The third kappa shape index (κ3) is 2.79. The van der Waals surface area contributed by atoms with Crippen LogP contribution >= 0.6 is 0 Å². The molecule has 2 aliphatic rings. The van der Waals surface area contributed by atoms with Gasteiger partial charge in [-0.1, -0.05) is 18.7 Å². The molecule has 0 spiro atoms. The maximum atomic E-state index is 13.3. The molecule has 3 nitrogen and oxygen atoms in total. The van der Waals surface area contributed by atoms with Crippen molar-refractivity contribution in [2.75, 3.05) is 20.0 Å². The Kier molecular flexibility index (Phi) is 4.20. The normalized spacial score (nSPS) is 32.8. The Morgan fingerprint density at radius 3 is 2.63 bits per heavy atom. The first-order chi connectivity index (χ1) is 8.99. The quantitative estimate of drug-likeness (QED) is 0.310. The Bertz CT molecular complexity index is 354. The molecule has 1 fully saturated rings. The number of ether oxygens (including phenoxy) is 3. The molecule has 6 heteroatoms. The molecule has 2 rings (SSSR count). The van der Waals surface area contributed by atoms with Crippen molar-refractivity contribution in [2.24, 2.45) is 11.8 Å². The van der Waals surface area contributed by atoms with Crippen LogP contribution in [0, 0.1) is 11.8 Å². The molecule has 0 heterocycles. The minimum absolute atomic E-state index is 0.00974. The van der Waals surface area contributed by atoms with Crippen LogP contribution < -0.4 is 0 Å². The Balaban J connectivity index is 1.87. The van der Waals surface area contributed by atoms with E-state index >= 15 is 0 Å². The zero-order valence-electron chi connectivity index (χ0n) is 10.5. The second-order valence-corrected chi connectivity index (χ2v) is 4.79. The number of halogens is 3. The second-order valence-electron chi connectivity index (χ2n) is 4.79. The lowest BCUT2D eigenvalue weighted by Crippen LogP contribution is -2.51. The van der Waals surface area contributed by atoms with E-state index in [9.17, 15) is 13.2 Å². The highest BCUT2D eigenvalue weighted by atomic mass is 19.4. The molecule has 0 radical (unpaired) electrons. The van der Waals surface area contributed by atoms with Crippen molar-refractivity contribution in [2.45, 2.75) is 24.6 Å². The molecule has 0 aromatic heterocycles. The predicted octanol–water partition coefficient (Wildman–Crippen LogP) is 3.03. The Labute approximate surface area is 110 Å². The first kappa shape index (κ1) is 14.4. The van der Waals surface area contributed by atoms with Crippen LogP contribution in [0.4, 0.5) is 13.2 Å². The number of rotatable bonds is 7. The minimum atomic E-state index is -4.38. The summed E-state index contributed by atoms with van der Waals surface area (Å²) in [5.74, 6) is -0.624. The smallest absolute Gasteiger partial charge is 0.418 e. The van der Waals surface area contributed by atoms with Crippen molar-refractivity contribution in [1.82, 2.24) is 0 Å². The lowest BCUT2D eigenvalue weighted by Gasteiger charge is -2.37. The molecule has 0 N–H and O–H groups in total. The van der Waals surface area contributed by atoms with Crippen LogP contribution in [0.15, 0.2) is 25.0 Å². The van der Waals surface area contributed by atoms with Gasteiger partial charge in [-0.2, -0.15) is 13.2 Å². The average molecular weight is 278 g/mol. The topological polar surface area (TPSA) is 27.7 Å². The summed E-state index contributed by atoms with van der Waals surface area (Å²) in [4.78, 5) is 0. The van der Waals surface area contributed by atoms with Crippen molar-refractivity contribution in [3.05, 3.63) is 25.0 Å². The van der Waals surface area contributed by atoms with Crippen LogP contribution in [-0.2, 0) is 14.2 Å². The predicted molar refractivity (Wildman–Crippen MR) is 62.2 cm³/mol. The van der Waals surface area contributed by atoms with E-state index in [1.54, 1.807) is 6.08 Å². The van der Waals surface area contributed by atoms with Crippen molar-refractivity contribution in [3.8, 4) is 0 Å². The molecule has 0 aromatic carbocycles. The molecular formula is C13H17F3O3. The van der Waals surface area contributed by atoms with Gasteiger partial charge in [0, 0.05) is 5.92 Å². The van der Waals surface area contributed by atoms with Crippen molar-refractivity contribution >= 4 is 0 Å². The van der Waals surface area contributed by atoms with Gasteiger partial charge in [0.1, 0.15) is 13.4 Å². The number of fused-ring (bicyclic) bond motifs is 2. The summed E-state index contributed by atoms with van der Waals surface area (Å²) >= 11 is 0. The van der Waals surface area contributed by atoms with E-state index < -0.39 is 17.7 Å². The van der Waals surface area contributed by atoms with E-state index in [1.165, 1.54) is 6.26 Å². The summed E-state index contributed by atoms with van der Waals surface area (Å²) in [6.07, 6.45) is 0.836. The van der Waals surface area contributed by atoms with E-state index in [0.717, 1.165) is 0 Å². The Morgan fingerprint density at radius 2 is 2.11 bits per heavy atom. The highest BCUT2D eigenvalue weighted by Crippen LogP contribution is 2.55. The molecule has 3 atom stereocenters. The van der Waals surface area contributed by atoms with Gasteiger partial charge in [-0.05, 0) is 18.8 Å². The van der Waals surface area contributed by atoms with Crippen molar-refractivity contribution in [3.63, 3.8) is 0 Å². The highest BCUT2D eigenvalue weighted by molar-refractivity contribution is 5.19. The molecule has 3 unspecified atom stereocenters. The van der Waals surface area contributed by atoms with E-state index in [4.69, 9.17) is 14.2 Å². The fourth-order valence-electron chi connectivity index (χ4n) is 2.78. The molecule has 0 aliphatic heterocycles. The number of hydrogen-bond donors (Lipinski definition) is 0. The summed E-state index contributed by atoms with van der Waals surface area (Å²) < 4.78 is 54.6. The molecule has 0 saturated heterocycles. The maximum Gasteiger partial charge on any atom is 0.418 e. The van der Waals surface area contributed by atoms with Gasteiger partial charge in [-0.25, -0.2) is 0 Å². The lowest BCUT2D eigenvalue weighted by molar-refractivity contribution is -0.307. The minimum Gasteiger partial charge on any atom is -0.499 e. The van der Waals surface area contributed by atoms with Gasteiger partial charge in [0.25, 0.3) is 0 Å². The maximum absolute atomic E-state index is 13.3. The van der Waals surface area contributed by atoms with E-state index in [1.807, 2.05) is 6.08 Å². The van der Waals surface area contributed by atoms with Gasteiger partial charge < -0.3 is 14.2 Å². The van der Waals surface area contributed by atoms with Gasteiger partial charge in [0.15, 0.2) is 5.60 Å². The Morgan fingerprint density at radius 1 is 1.32 bits per heavy atom. The summed E-state index contributed by atoms with van der Waals surface area (Å²) in [6, 6.07) is 0. The SMILES string of the molecule is C=COCCOCOC1(C(F)(F)F)CC2C=CC1C2. The van der Waals surface area contributed by atoms with Gasteiger partial charge in [-0.15, -0.1) is 0 Å². The zero-order chi connectivity index (χ0) is 13.9. The van der Waals surface area contributed by atoms with E-state index in [0.29, 0.717) is 6.42 Å². The van der Waals surface area contributed by atoms with Crippen LogP contribution in [0.3, 0.4) is 0 Å². The second kappa shape index (κ2) is 5.54. The lowest BCUT2D eigenvalue weighted by atomic mass is 9.87. The summed E-state index contributed by atoms with van der Waals surface area (Å²) in [7, 11) is 0. The Hall–Kier alpha value is -1.01. The summed E-state index contributed by atoms with van der Waals surface area (Å²) in [5, 5.41) is 0. The highest BCUT2D eigenvalue weighted by Gasteiger charge is 2.65.